The van der Waals surface area contributed by atoms with Gasteiger partial charge in [0.15, 0.2) is 17.6 Å². The van der Waals surface area contributed by atoms with E-state index in [2.05, 4.69) is 20.2 Å². The summed E-state index contributed by atoms with van der Waals surface area (Å²) in [6.45, 7) is 5.18. The highest BCUT2D eigenvalue weighted by Crippen LogP contribution is 2.28. The topological polar surface area (TPSA) is 129 Å². The Morgan fingerprint density at radius 2 is 1.97 bits per heavy atom. The number of ether oxygens (including phenoxy) is 2. The molecule has 0 aliphatic rings. The average molecular weight is 453 g/mol. The van der Waals surface area contributed by atoms with Gasteiger partial charge in [-0.05, 0) is 38.5 Å². The molecule has 0 radical (unpaired) electrons. The highest BCUT2D eigenvalue weighted by atomic mass is 32.1. The molecule has 0 bridgehead atoms. The Bertz CT molecular complexity index is 1360. The number of esters is 2. The normalized spacial score (nSPS) is 12.0. The van der Waals surface area contributed by atoms with E-state index in [1.807, 2.05) is 18.2 Å². The molecule has 0 unspecified atom stereocenters. The van der Waals surface area contributed by atoms with Crippen LogP contribution in [0.15, 0.2) is 41.3 Å². The standard InChI is InChI=1S/C21H19N5O5S/c1-4-30-21(29)16-11(2)15-18(27)23-17(24-19(15)32-16)12(3)31-20(28)14-10-22-26(25-14)13-8-6-5-7-9-13/h5-10,12H,4H2,1-3H3,(H,23,24,27)/t12-/m1/s1. The van der Waals surface area contributed by atoms with E-state index in [0.717, 1.165) is 11.3 Å². The van der Waals surface area contributed by atoms with Gasteiger partial charge in [0.2, 0.25) is 0 Å². The van der Waals surface area contributed by atoms with Gasteiger partial charge in [0.05, 0.1) is 23.9 Å². The van der Waals surface area contributed by atoms with Crippen LogP contribution in [0.25, 0.3) is 15.9 Å². The van der Waals surface area contributed by atoms with Gasteiger partial charge in [0.25, 0.3) is 5.56 Å². The molecule has 4 rings (SSSR count). The van der Waals surface area contributed by atoms with E-state index in [1.54, 1.807) is 32.9 Å². The highest BCUT2D eigenvalue weighted by Gasteiger charge is 2.23. The zero-order chi connectivity index (χ0) is 22.8. The lowest BCUT2D eigenvalue weighted by atomic mass is 10.2. The molecule has 0 aliphatic carbocycles. The van der Waals surface area contributed by atoms with Crippen molar-refractivity contribution in [3.8, 4) is 5.69 Å². The van der Waals surface area contributed by atoms with Gasteiger partial charge in [-0.1, -0.05) is 18.2 Å². The van der Waals surface area contributed by atoms with Crippen molar-refractivity contribution in [2.75, 3.05) is 6.61 Å². The van der Waals surface area contributed by atoms with Crippen LogP contribution in [-0.2, 0) is 9.47 Å². The zero-order valence-electron chi connectivity index (χ0n) is 17.5. The first-order valence-corrected chi connectivity index (χ1v) is 10.6. The number of nitrogens with one attached hydrogen (secondary N) is 1. The number of carbonyl (C=O) groups is 2. The smallest absolute Gasteiger partial charge is 0.361 e. The van der Waals surface area contributed by atoms with Crippen LogP contribution in [0.3, 0.4) is 0 Å². The molecular weight excluding hydrogens is 434 g/mol. The van der Waals surface area contributed by atoms with Crippen molar-refractivity contribution in [3.63, 3.8) is 0 Å². The quantitative estimate of drug-likeness (QED) is 0.441. The number of nitrogens with zero attached hydrogens (tertiary/aromatic N) is 4. The van der Waals surface area contributed by atoms with Gasteiger partial charge < -0.3 is 14.5 Å². The number of aromatic nitrogens is 5. The van der Waals surface area contributed by atoms with E-state index < -0.39 is 23.6 Å². The van der Waals surface area contributed by atoms with Crippen molar-refractivity contribution < 1.29 is 19.1 Å². The van der Waals surface area contributed by atoms with Crippen LogP contribution in [-0.4, -0.2) is 43.5 Å². The summed E-state index contributed by atoms with van der Waals surface area (Å²) in [6, 6.07) is 9.12. The summed E-state index contributed by atoms with van der Waals surface area (Å²) in [5, 5.41) is 8.52. The van der Waals surface area contributed by atoms with Crippen LogP contribution >= 0.6 is 11.3 Å². The number of aryl methyl sites for hydroxylation is 1. The lowest BCUT2D eigenvalue weighted by molar-refractivity contribution is 0.0312. The van der Waals surface area contributed by atoms with Crippen molar-refractivity contribution in [1.82, 2.24) is 25.0 Å². The summed E-state index contributed by atoms with van der Waals surface area (Å²) < 4.78 is 10.5. The number of benzene rings is 1. The summed E-state index contributed by atoms with van der Waals surface area (Å²) in [5.74, 6) is -1.06. The monoisotopic (exact) mass is 453 g/mol. The third kappa shape index (κ3) is 4.02. The van der Waals surface area contributed by atoms with E-state index in [1.165, 1.54) is 11.0 Å². The lowest BCUT2D eigenvalue weighted by Gasteiger charge is -2.11. The van der Waals surface area contributed by atoms with Crippen LogP contribution in [0, 0.1) is 6.92 Å². The van der Waals surface area contributed by atoms with E-state index in [0.29, 0.717) is 26.3 Å². The first-order chi connectivity index (χ1) is 15.4. The molecule has 164 valence electrons. The number of H-pyrrole nitrogens is 1. The van der Waals surface area contributed by atoms with Crippen LogP contribution in [0.2, 0.25) is 0 Å². The van der Waals surface area contributed by atoms with Crippen LogP contribution in [0.5, 0.6) is 0 Å². The van der Waals surface area contributed by atoms with Crippen LogP contribution in [0.4, 0.5) is 0 Å². The number of thiophene rings is 1. The first kappa shape index (κ1) is 21.4. The minimum atomic E-state index is -0.866. The number of carbonyl (C=O) groups excluding carboxylic acids is 2. The Morgan fingerprint density at radius 1 is 1.22 bits per heavy atom. The third-order valence-electron chi connectivity index (χ3n) is 4.64. The molecule has 0 spiro atoms. The second-order valence-electron chi connectivity index (χ2n) is 6.81. The zero-order valence-corrected chi connectivity index (χ0v) is 18.3. The molecule has 1 aromatic carbocycles. The van der Waals surface area contributed by atoms with Crippen LogP contribution < -0.4 is 5.56 Å². The molecule has 0 fully saturated rings. The van der Waals surface area contributed by atoms with Gasteiger partial charge in [0, 0.05) is 0 Å². The Morgan fingerprint density at radius 3 is 2.69 bits per heavy atom. The number of rotatable bonds is 6. The van der Waals surface area contributed by atoms with Crippen molar-refractivity contribution >= 4 is 33.5 Å². The molecule has 0 saturated heterocycles. The summed E-state index contributed by atoms with van der Waals surface area (Å²) in [6.07, 6.45) is 0.435. The van der Waals surface area contributed by atoms with E-state index in [4.69, 9.17) is 9.47 Å². The fourth-order valence-electron chi connectivity index (χ4n) is 3.06. The fraction of sp³-hybridized carbons (Fsp3) is 0.238. The van der Waals surface area contributed by atoms with Crippen molar-refractivity contribution in [3.05, 3.63) is 68.8 Å². The van der Waals surface area contributed by atoms with Gasteiger partial charge >= 0.3 is 11.9 Å². The van der Waals surface area contributed by atoms with Crippen molar-refractivity contribution in [2.45, 2.75) is 26.9 Å². The number of para-hydroxylation sites is 1. The lowest BCUT2D eigenvalue weighted by Crippen LogP contribution is -2.17. The Balaban J connectivity index is 1.57. The van der Waals surface area contributed by atoms with Gasteiger partial charge in [-0.25, -0.2) is 14.6 Å². The minimum Gasteiger partial charge on any atom is -0.462 e. The molecule has 0 aliphatic heterocycles. The fourth-order valence-corrected chi connectivity index (χ4v) is 4.15. The molecule has 1 atom stereocenters. The van der Waals surface area contributed by atoms with Crippen molar-refractivity contribution in [2.24, 2.45) is 0 Å². The minimum absolute atomic E-state index is 0.0145. The molecular formula is C21H19N5O5S. The summed E-state index contributed by atoms with van der Waals surface area (Å²) >= 11 is 1.06. The first-order valence-electron chi connectivity index (χ1n) is 9.78. The second kappa shape index (κ2) is 8.71. The molecule has 1 N–H and O–H groups in total. The summed E-state index contributed by atoms with van der Waals surface area (Å²) in [7, 11) is 0. The van der Waals surface area contributed by atoms with Gasteiger partial charge in [0.1, 0.15) is 9.71 Å². The van der Waals surface area contributed by atoms with Gasteiger partial charge in [-0.3, -0.25) is 4.79 Å². The van der Waals surface area contributed by atoms with Crippen molar-refractivity contribution in [1.29, 1.82) is 0 Å². The largest absolute Gasteiger partial charge is 0.462 e. The van der Waals surface area contributed by atoms with Gasteiger partial charge in [-0.15, -0.1) is 16.4 Å². The maximum Gasteiger partial charge on any atom is 0.361 e. The number of hydrogen-bond acceptors (Lipinski definition) is 9. The van der Waals surface area contributed by atoms with E-state index >= 15 is 0 Å². The van der Waals surface area contributed by atoms with E-state index in [-0.39, 0.29) is 18.1 Å². The Hall–Kier alpha value is -3.86. The SMILES string of the molecule is CCOC(=O)c1sc2nc([C@@H](C)OC(=O)c3cnn(-c4ccccc4)n3)[nH]c(=O)c2c1C. The number of hydrogen-bond donors (Lipinski definition) is 1. The summed E-state index contributed by atoms with van der Waals surface area (Å²) in [4.78, 5) is 46.3. The Kier molecular flexibility index (Phi) is 5.82. The molecule has 3 aromatic heterocycles. The molecule has 11 heteroatoms. The molecule has 10 nitrogen and oxygen atoms in total. The van der Waals surface area contributed by atoms with Gasteiger partial charge in [-0.2, -0.15) is 9.90 Å². The highest BCUT2D eigenvalue weighted by molar-refractivity contribution is 7.20. The predicted octanol–water partition coefficient (Wildman–Crippen LogP) is 2.97. The molecule has 0 amide bonds. The maximum atomic E-state index is 12.6. The molecule has 4 aromatic rings. The summed E-state index contributed by atoms with van der Waals surface area (Å²) in [5.41, 5.74) is 0.792. The third-order valence-corrected chi connectivity index (χ3v) is 5.80. The molecule has 32 heavy (non-hydrogen) atoms. The van der Waals surface area contributed by atoms with Crippen LogP contribution in [0.1, 0.15) is 51.5 Å². The second-order valence-corrected chi connectivity index (χ2v) is 7.81. The maximum absolute atomic E-state index is 12.6. The number of aromatic amines is 1. The molecule has 0 saturated carbocycles. The Labute approximate surface area is 185 Å². The average Bonchev–Trinajstić information content (AvgIpc) is 3.40. The number of fused-ring (bicyclic) bond motifs is 1. The molecule has 3 heterocycles. The predicted molar refractivity (Wildman–Crippen MR) is 116 cm³/mol. The van der Waals surface area contributed by atoms with E-state index in [9.17, 15) is 14.4 Å².